The number of likely N-dealkylation sites (tertiary alicyclic amines) is 1. The molecule has 0 spiro atoms. The highest BCUT2D eigenvalue weighted by Gasteiger charge is 2.25. The fraction of sp³-hybridized carbons (Fsp3) is 0.778. The molecule has 3 rings (SSSR count). The zero-order valence-corrected chi connectivity index (χ0v) is 14.8. The van der Waals surface area contributed by atoms with E-state index in [2.05, 4.69) is 27.1 Å². The lowest BCUT2D eigenvalue weighted by Crippen LogP contribution is -2.52. The Morgan fingerprint density at radius 3 is 2.58 bits per heavy atom. The molecule has 24 heavy (non-hydrogen) atoms. The first kappa shape index (κ1) is 17.3. The van der Waals surface area contributed by atoms with Crippen LogP contribution in [0.5, 0.6) is 0 Å². The molecule has 1 aliphatic carbocycles. The molecule has 134 valence electrons. The normalized spacial score (nSPS) is 21.6. The van der Waals surface area contributed by atoms with Gasteiger partial charge in [0.2, 0.25) is 0 Å². The first-order valence-electron chi connectivity index (χ1n) is 9.48. The van der Waals surface area contributed by atoms with Crippen molar-refractivity contribution in [3.8, 4) is 0 Å². The van der Waals surface area contributed by atoms with E-state index in [1.54, 1.807) is 0 Å². The SMILES string of the molecule is C[C@H](Cn1ccnc1)NC1CCN(C(=O)NC2CCCCC2)CC1. The maximum absolute atomic E-state index is 12.4. The first-order chi connectivity index (χ1) is 11.7. The molecule has 2 heterocycles. The van der Waals surface area contributed by atoms with Crippen LogP contribution < -0.4 is 10.6 Å². The van der Waals surface area contributed by atoms with E-state index in [9.17, 15) is 4.79 Å². The van der Waals surface area contributed by atoms with Crippen LogP contribution in [0.2, 0.25) is 0 Å². The van der Waals surface area contributed by atoms with Crippen molar-refractivity contribution in [2.75, 3.05) is 13.1 Å². The van der Waals surface area contributed by atoms with Crippen molar-refractivity contribution in [1.82, 2.24) is 25.1 Å². The van der Waals surface area contributed by atoms with Gasteiger partial charge in [-0.15, -0.1) is 0 Å². The van der Waals surface area contributed by atoms with Gasteiger partial charge in [0.1, 0.15) is 0 Å². The van der Waals surface area contributed by atoms with Crippen molar-refractivity contribution in [1.29, 1.82) is 0 Å². The molecular formula is C18H31N5O. The third-order valence-electron chi connectivity index (χ3n) is 5.28. The van der Waals surface area contributed by atoms with Crippen molar-refractivity contribution >= 4 is 6.03 Å². The zero-order valence-electron chi connectivity index (χ0n) is 14.8. The Balaban J connectivity index is 1.36. The number of nitrogens with zero attached hydrogens (tertiary/aromatic N) is 3. The van der Waals surface area contributed by atoms with Crippen molar-refractivity contribution in [3.05, 3.63) is 18.7 Å². The Kier molecular flexibility index (Phi) is 6.12. The zero-order chi connectivity index (χ0) is 16.8. The number of hydrogen-bond donors (Lipinski definition) is 2. The van der Waals surface area contributed by atoms with Gasteiger partial charge in [0, 0.05) is 50.2 Å². The Labute approximate surface area is 145 Å². The van der Waals surface area contributed by atoms with E-state index in [0.29, 0.717) is 18.1 Å². The predicted octanol–water partition coefficient (Wildman–Crippen LogP) is 2.37. The molecule has 1 atom stereocenters. The number of carbonyl (C=O) groups excluding carboxylic acids is 1. The van der Waals surface area contributed by atoms with Crippen LogP contribution in [0.1, 0.15) is 51.9 Å². The van der Waals surface area contributed by atoms with Crippen LogP contribution in [0.3, 0.4) is 0 Å². The Morgan fingerprint density at radius 2 is 1.92 bits per heavy atom. The van der Waals surface area contributed by atoms with Crippen LogP contribution in [0.15, 0.2) is 18.7 Å². The molecule has 0 unspecified atom stereocenters. The highest BCUT2D eigenvalue weighted by Crippen LogP contribution is 2.18. The van der Waals surface area contributed by atoms with Gasteiger partial charge >= 0.3 is 6.03 Å². The van der Waals surface area contributed by atoms with Crippen molar-refractivity contribution in [3.63, 3.8) is 0 Å². The fourth-order valence-corrected chi connectivity index (χ4v) is 3.93. The van der Waals surface area contributed by atoms with Crippen LogP contribution in [-0.2, 0) is 6.54 Å². The van der Waals surface area contributed by atoms with Crippen molar-refractivity contribution in [2.45, 2.75) is 76.5 Å². The molecule has 1 aromatic heterocycles. The third-order valence-corrected chi connectivity index (χ3v) is 5.28. The number of amides is 2. The molecule has 6 nitrogen and oxygen atoms in total. The lowest BCUT2D eigenvalue weighted by molar-refractivity contribution is 0.167. The molecule has 2 N–H and O–H groups in total. The quantitative estimate of drug-likeness (QED) is 0.869. The minimum Gasteiger partial charge on any atom is -0.336 e. The van der Waals surface area contributed by atoms with Gasteiger partial charge in [0.25, 0.3) is 0 Å². The van der Waals surface area contributed by atoms with Crippen LogP contribution in [0.4, 0.5) is 4.79 Å². The molecule has 1 saturated heterocycles. The van der Waals surface area contributed by atoms with Crippen molar-refractivity contribution in [2.24, 2.45) is 0 Å². The molecule has 1 aromatic rings. The monoisotopic (exact) mass is 333 g/mol. The van der Waals surface area contributed by atoms with E-state index in [1.807, 2.05) is 23.6 Å². The van der Waals surface area contributed by atoms with Gasteiger partial charge in [-0.25, -0.2) is 9.78 Å². The Morgan fingerprint density at radius 1 is 1.17 bits per heavy atom. The summed E-state index contributed by atoms with van der Waals surface area (Å²) in [6.45, 7) is 4.85. The van der Waals surface area contributed by atoms with Gasteiger partial charge in [-0.3, -0.25) is 0 Å². The smallest absolute Gasteiger partial charge is 0.317 e. The van der Waals surface area contributed by atoms with E-state index >= 15 is 0 Å². The van der Waals surface area contributed by atoms with E-state index < -0.39 is 0 Å². The highest BCUT2D eigenvalue weighted by molar-refractivity contribution is 5.74. The molecule has 2 fully saturated rings. The minimum absolute atomic E-state index is 0.145. The van der Waals surface area contributed by atoms with Gasteiger partial charge in [-0.2, -0.15) is 0 Å². The number of nitrogens with one attached hydrogen (secondary N) is 2. The molecule has 0 radical (unpaired) electrons. The first-order valence-corrected chi connectivity index (χ1v) is 9.48. The number of carbonyl (C=O) groups is 1. The van der Waals surface area contributed by atoms with Crippen molar-refractivity contribution < 1.29 is 4.79 Å². The van der Waals surface area contributed by atoms with E-state index in [0.717, 1.165) is 45.3 Å². The Bertz CT molecular complexity index is 490. The summed E-state index contributed by atoms with van der Waals surface area (Å²) in [6, 6.07) is 1.46. The average molecular weight is 333 g/mol. The van der Waals surface area contributed by atoms with E-state index in [-0.39, 0.29) is 6.03 Å². The minimum atomic E-state index is 0.145. The molecule has 1 aliphatic heterocycles. The lowest BCUT2D eigenvalue weighted by atomic mass is 9.95. The van der Waals surface area contributed by atoms with Gasteiger partial charge in [-0.1, -0.05) is 19.3 Å². The van der Waals surface area contributed by atoms with E-state index in [4.69, 9.17) is 0 Å². The summed E-state index contributed by atoms with van der Waals surface area (Å²) in [5.41, 5.74) is 0. The molecule has 0 aromatic carbocycles. The van der Waals surface area contributed by atoms with Gasteiger partial charge in [0.15, 0.2) is 0 Å². The second kappa shape index (κ2) is 8.51. The molecule has 2 aliphatic rings. The summed E-state index contributed by atoms with van der Waals surface area (Å²) in [5.74, 6) is 0. The largest absolute Gasteiger partial charge is 0.336 e. The summed E-state index contributed by atoms with van der Waals surface area (Å²) in [5, 5.41) is 6.92. The Hall–Kier alpha value is -1.56. The second-order valence-electron chi connectivity index (χ2n) is 7.37. The number of imidazole rings is 1. The summed E-state index contributed by atoms with van der Waals surface area (Å²) in [6.07, 6.45) is 13.9. The molecule has 0 bridgehead atoms. The van der Waals surface area contributed by atoms with Gasteiger partial charge < -0.3 is 20.1 Å². The maximum atomic E-state index is 12.4. The molecule has 2 amide bonds. The number of rotatable bonds is 5. The summed E-state index contributed by atoms with van der Waals surface area (Å²) in [7, 11) is 0. The summed E-state index contributed by atoms with van der Waals surface area (Å²) < 4.78 is 2.10. The van der Waals surface area contributed by atoms with Crippen LogP contribution in [-0.4, -0.2) is 51.7 Å². The van der Waals surface area contributed by atoms with Crippen LogP contribution in [0.25, 0.3) is 0 Å². The number of aromatic nitrogens is 2. The predicted molar refractivity (Wildman–Crippen MR) is 94.8 cm³/mol. The fourth-order valence-electron chi connectivity index (χ4n) is 3.93. The number of piperidine rings is 1. The number of urea groups is 1. The summed E-state index contributed by atoms with van der Waals surface area (Å²) >= 11 is 0. The standard InChI is InChI=1S/C18H31N5O/c1-15(13-22-12-9-19-14-22)20-17-7-10-23(11-8-17)18(24)21-16-5-3-2-4-6-16/h9,12,14-17,20H,2-8,10-11,13H2,1H3,(H,21,24)/t15-/m1/s1. The van der Waals surface area contributed by atoms with Gasteiger partial charge in [-0.05, 0) is 32.6 Å². The maximum Gasteiger partial charge on any atom is 0.317 e. The van der Waals surface area contributed by atoms with Crippen LogP contribution >= 0.6 is 0 Å². The molecular weight excluding hydrogens is 302 g/mol. The molecule has 6 heteroatoms. The molecule has 1 saturated carbocycles. The average Bonchev–Trinajstić information content (AvgIpc) is 3.09. The summed E-state index contributed by atoms with van der Waals surface area (Å²) in [4.78, 5) is 18.5. The second-order valence-corrected chi connectivity index (χ2v) is 7.37. The van der Waals surface area contributed by atoms with E-state index in [1.165, 1.54) is 19.3 Å². The third kappa shape index (κ3) is 4.97. The van der Waals surface area contributed by atoms with Crippen LogP contribution in [0, 0.1) is 0 Å². The topological polar surface area (TPSA) is 62.2 Å². The van der Waals surface area contributed by atoms with Gasteiger partial charge in [0.05, 0.1) is 6.33 Å². The highest BCUT2D eigenvalue weighted by atomic mass is 16.2. The number of hydrogen-bond acceptors (Lipinski definition) is 3. The lowest BCUT2D eigenvalue weighted by Gasteiger charge is -2.35.